The van der Waals surface area contributed by atoms with Crippen LogP contribution in [0.2, 0.25) is 0 Å². The predicted octanol–water partition coefficient (Wildman–Crippen LogP) is 2.33. The van der Waals surface area contributed by atoms with Gasteiger partial charge in [-0.3, -0.25) is 0 Å². The first-order valence-corrected chi connectivity index (χ1v) is 5.67. The van der Waals surface area contributed by atoms with Crippen molar-refractivity contribution in [2.75, 3.05) is 0 Å². The summed E-state index contributed by atoms with van der Waals surface area (Å²) in [5, 5.41) is 0. The van der Waals surface area contributed by atoms with E-state index in [0.717, 1.165) is 4.58 Å². The molecule has 0 spiro atoms. The summed E-state index contributed by atoms with van der Waals surface area (Å²) in [4.78, 5) is 0. The Morgan fingerprint density at radius 2 is 2.50 bits per heavy atom. The molecule has 1 aliphatic heterocycles. The molecule has 0 N–H and O–H groups in total. The Labute approximate surface area is 45.9 Å². The van der Waals surface area contributed by atoms with E-state index >= 15 is 0 Å². The van der Waals surface area contributed by atoms with Crippen molar-refractivity contribution in [3.8, 4) is 0 Å². The molecule has 1 atom stereocenters. The maximum absolute atomic E-state index is 4.24. The molecule has 6 heavy (non-hydrogen) atoms. The number of rotatable bonds is 1. The molecular weight excluding hydrogens is 131 g/mol. The van der Waals surface area contributed by atoms with Crippen molar-refractivity contribution in [2.45, 2.75) is 17.9 Å². The van der Waals surface area contributed by atoms with Gasteiger partial charge in [0.2, 0.25) is 0 Å². The Balaban J connectivity index is 2.32. The van der Waals surface area contributed by atoms with E-state index in [9.17, 15) is 0 Å². The van der Waals surface area contributed by atoms with Crippen molar-refractivity contribution in [3.05, 3.63) is 0 Å². The topological polar surface area (TPSA) is 0 Å². The number of hydrogen-bond acceptors (Lipinski definition) is 2. The van der Waals surface area contributed by atoms with Crippen LogP contribution in [0.1, 0.15) is 13.3 Å². The van der Waals surface area contributed by atoms with Gasteiger partial charge in [-0.15, -0.1) is 0 Å². The van der Waals surface area contributed by atoms with Crippen molar-refractivity contribution >= 4 is 27.5 Å². The summed E-state index contributed by atoms with van der Waals surface area (Å²) in [5.41, 5.74) is 0. The van der Waals surface area contributed by atoms with Gasteiger partial charge in [-0.25, -0.2) is 0 Å². The van der Waals surface area contributed by atoms with E-state index in [1.165, 1.54) is 6.42 Å². The van der Waals surface area contributed by atoms with E-state index in [1.54, 1.807) is 0 Å². The molecule has 0 aliphatic carbocycles. The second-order valence-electron chi connectivity index (χ2n) is 1.21. The van der Waals surface area contributed by atoms with Crippen molar-refractivity contribution in [1.29, 1.82) is 0 Å². The Kier molecular flexibility index (Phi) is 1.70. The van der Waals surface area contributed by atoms with E-state index in [2.05, 4.69) is 14.7 Å². The van der Waals surface area contributed by atoms with Gasteiger partial charge in [0.15, 0.2) is 0 Å². The van der Waals surface area contributed by atoms with Gasteiger partial charge in [-0.05, 0) is 0 Å². The van der Waals surface area contributed by atoms with Gasteiger partial charge >= 0.3 is 45.4 Å². The third-order valence-corrected chi connectivity index (χ3v) is 6.09. The van der Waals surface area contributed by atoms with Crippen LogP contribution in [0.15, 0.2) is 0 Å². The third kappa shape index (κ3) is 1.05. The van der Waals surface area contributed by atoms with Crippen LogP contribution in [0.25, 0.3) is 0 Å². The molecule has 1 rings (SSSR count). The Hall–Kier alpha value is 1.13. The first kappa shape index (κ1) is 5.27. The molecule has 0 saturated carbocycles. The second kappa shape index (κ2) is 1.94. The molecule has 0 nitrogen and oxygen atoms in total. The van der Waals surface area contributed by atoms with Crippen LogP contribution in [0, 0.1) is 0 Å². The van der Waals surface area contributed by atoms with E-state index in [0.29, 0.717) is 8.90 Å². The summed E-state index contributed by atoms with van der Waals surface area (Å²) in [5.74, 6) is 0. The van der Waals surface area contributed by atoms with Gasteiger partial charge in [-0.2, -0.15) is 0 Å². The van der Waals surface area contributed by atoms with Crippen LogP contribution in [-0.4, -0.2) is 4.58 Å². The minimum atomic E-state index is 0.462. The SMILES string of the molecule is CCC1S[S-]1#P. The minimum absolute atomic E-state index is 0.462. The molecule has 1 fully saturated rings. The van der Waals surface area contributed by atoms with Crippen molar-refractivity contribution in [2.24, 2.45) is 0 Å². The molecule has 1 saturated heterocycles. The molecular formula is C3H6PS2-. The van der Waals surface area contributed by atoms with Crippen LogP contribution < -0.4 is 0 Å². The number of hydrogen-bond donors (Lipinski definition) is 0. The summed E-state index contributed by atoms with van der Waals surface area (Å²) >= 11 is 0. The monoisotopic (exact) mass is 137 g/mol. The quantitative estimate of drug-likeness (QED) is 0.231. The Morgan fingerprint density at radius 1 is 2.00 bits per heavy atom. The molecule has 0 bridgehead atoms. The van der Waals surface area contributed by atoms with Crippen molar-refractivity contribution in [3.63, 3.8) is 0 Å². The van der Waals surface area contributed by atoms with Crippen LogP contribution in [0.3, 0.4) is 0 Å². The molecule has 1 unspecified atom stereocenters. The first-order chi connectivity index (χ1) is 2.84. The van der Waals surface area contributed by atoms with Crippen LogP contribution in [-0.2, 0) is 8.90 Å². The van der Waals surface area contributed by atoms with E-state index < -0.39 is 0 Å². The molecule has 36 valence electrons. The van der Waals surface area contributed by atoms with E-state index in [-0.39, 0.29) is 0 Å². The molecule has 0 aromatic heterocycles. The predicted molar refractivity (Wildman–Crippen MR) is 36.0 cm³/mol. The van der Waals surface area contributed by atoms with Crippen molar-refractivity contribution < 1.29 is 0 Å². The zero-order valence-electron chi connectivity index (χ0n) is 3.55. The van der Waals surface area contributed by atoms with Crippen LogP contribution in [0.4, 0.5) is 0 Å². The molecule has 0 amide bonds. The van der Waals surface area contributed by atoms with E-state index in [4.69, 9.17) is 0 Å². The van der Waals surface area contributed by atoms with Gasteiger partial charge < -0.3 is 0 Å². The Bertz CT molecular complexity index is 112. The fraction of sp³-hybridized carbons (Fsp3) is 1.00. The molecule has 0 radical (unpaired) electrons. The van der Waals surface area contributed by atoms with Crippen LogP contribution >= 0.6 is 18.6 Å². The van der Waals surface area contributed by atoms with Crippen molar-refractivity contribution in [1.82, 2.24) is 0 Å². The molecule has 3 heteroatoms. The summed E-state index contributed by atoms with van der Waals surface area (Å²) in [7, 11) is 6.69. The van der Waals surface area contributed by atoms with Gasteiger partial charge in [-0.1, -0.05) is 0 Å². The van der Waals surface area contributed by atoms with E-state index in [1.807, 2.05) is 10.8 Å². The fourth-order valence-corrected chi connectivity index (χ4v) is 4.49. The van der Waals surface area contributed by atoms with Gasteiger partial charge in [0.25, 0.3) is 0 Å². The Morgan fingerprint density at radius 3 is 2.50 bits per heavy atom. The summed E-state index contributed by atoms with van der Waals surface area (Å²) in [6, 6.07) is 0. The summed E-state index contributed by atoms with van der Waals surface area (Å²) < 4.78 is 0.910. The van der Waals surface area contributed by atoms with Gasteiger partial charge in [0.05, 0.1) is 0 Å². The van der Waals surface area contributed by atoms with Crippen LogP contribution in [0.5, 0.6) is 0 Å². The normalized spacial score (nSPS) is 33.7. The average Bonchev–Trinajstić information content (AvgIpc) is 2.19. The summed E-state index contributed by atoms with van der Waals surface area (Å²) in [6.45, 7) is 2.21. The average molecular weight is 137 g/mol. The molecule has 0 aromatic carbocycles. The second-order valence-corrected chi connectivity index (χ2v) is 6.97. The van der Waals surface area contributed by atoms with Gasteiger partial charge in [0.1, 0.15) is 0 Å². The van der Waals surface area contributed by atoms with Gasteiger partial charge in [0, 0.05) is 0 Å². The zero-order valence-corrected chi connectivity index (χ0v) is 6.08. The molecule has 1 heterocycles. The fourth-order valence-electron chi connectivity index (χ4n) is 0.298. The standard InChI is InChI=1S/C3H6PS2/c1-2-3-5-6(3)4/h3H,2H2,1H3/q-1. The maximum atomic E-state index is 4.24. The zero-order chi connectivity index (χ0) is 4.57. The third-order valence-electron chi connectivity index (χ3n) is 0.726. The first-order valence-electron chi connectivity index (χ1n) is 1.94. The molecule has 0 aromatic rings. The molecule has 1 aliphatic rings. The summed E-state index contributed by atoms with van der Waals surface area (Å²) in [6.07, 6.45) is 1.30.